The number of allylic oxidation sites excluding steroid dienone is 11. The molecule has 81 heavy (non-hydrogen) atoms. The summed E-state index contributed by atoms with van der Waals surface area (Å²) in [7, 11) is 0. The van der Waals surface area contributed by atoms with Crippen LogP contribution >= 0.6 is 0 Å². The van der Waals surface area contributed by atoms with E-state index in [9.17, 15) is 35.1 Å². The van der Waals surface area contributed by atoms with Crippen LogP contribution in [0.15, 0.2) is 72.9 Å². The van der Waals surface area contributed by atoms with Crippen LogP contribution in [0.1, 0.15) is 297 Å². The van der Waals surface area contributed by atoms with E-state index in [1.165, 1.54) is 154 Å². The fourth-order valence-corrected chi connectivity index (χ4v) is 10.3. The topological polar surface area (TPSA) is 175 Å². The van der Waals surface area contributed by atoms with E-state index in [1.807, 2.05) is 6.08 Å². The molecule has 1 heterocycles. The van der Waals surface area contributed by atoms with E-state index in [0.29, 0.717) is 19.3 Å². The zero-order chi connectivity index (χ0) is 58.9. The summed E-state index contributed by atoms with van der Waals surface area (Å²) in [6, 6.07) is -1.02. The van der Waals surface area contributed by atoms with Gasteiger partial charge in [-0.1, -0.05) is 293 Å². The fourth-order valence-electron chi connectivity index (χ4n) is 10.3. The Kier molecular flexibility index (Phi) is 54.1. The molecule has 0 aromatic carbocycles. The predicted octanol–water partition coefficient (Wildman–Crippen LogP) is 16.7. The highest BCUT2D eigenvalue weighted by molar-refractivity contribution is 5.80. The quantitative estimate of drug-likeness (QED) is 0.0195. The van der Waals surface area contributed by atoms with Crippen LogP contribution in [0.25, 0.3) is 0 Å². The number of ether oxygens (including phenoxy) is 3. The molecule has 11 heteroatoms. The lowest BCUT2D eigenvalue weighted by Crippen LogP contribution is -2.61. The molecule has 0 aromatic heterocycles. The van der Waals surface area contributed by atoms with Crippen LogP contribution < -0.4 is 5.32 Å². The molecular weight excluding hydrogens is 1010 g/mol. The van der Waals surface area contributed by atoms with Gasteiger partial charge in [0, 0.05) is 6.42 Å². The van der Waals surface area contributed by atoms with Gasteiger partial charge in [0.1, 0.15) is 24.4 Å². The van der Waals surface area contributed by atoms with E-state index in [-0.39, 0.29) is 13.0 Å². The third-order valence-corrected chi connectivity index (χ3v) is 15.6. The number of esters is 1. The van der Waals surface area contributed by atoms with E-state index < -0.39 is 67.4 Å². The Hall–Kier alpha value is -2.90. The molecule has 8 atom stereocenters. The van der Waals surface area contributed by atoms with Gasteiger partial charge in [-0.3, -0.25) is 9.59 Å². The van der Waals surface area contributed by atoms with Crippen molar-refractivity contribution in [3.63, 3.8) is 0 Å². The standard InChI is InChI=1S/C70H125NO10/c1-4-7-10-13-16-19-22-25-26-27-28-29-30-31-32-33-34-35-36-37-38-40-43-46-49-52-55-58-65(75)81-68-67(77)66(76)64(59-72)80-70(68)79-60-61(62(73)56-53-50-47-44-41-24-21-18-15-12-9-6-3)71-69(78)63(74)57-54-51-48-45-42-39-23-20-17-14-11-8-5-2/h7,10,16,19,25-26,28-29,31-32,53,56,61-64,66-68,70,72-74,76-77H,4-6,8-9,11-15,17-18,20-24,27,30,33-52,54-55,57-60H2,1-3H3,(H,71,78)/b10-7-,19-16-,26-25-,29-28-,32-31-,56-53+. The molecule has 1 fully saturated rings. The van der Waals surface area contributed by atoms with E-state index in [1.54, 1.807) is 6.08 Å². The van der Waals surface area contributed by atoms with Gasteiger partial charge in [-0.25, -0.2) is 0 Å². The average molecular weight is 1140 g/mol. The Morgan fingerprint density at radius 1 is 0.494 bits per heavy atom. The Labute approximate surface area is 496 Å². The summed E-state index contributed by atoms with van der Waals surface area (Å²) < 4.78 is 17.7. The highest BCUT2D eigenvalue weighted by Gasteiger charge is 2.47. The monoisotopic (exact) mass is 1140 g/mol. The molecule has 1 amide bonds. The van der Waals surface area contributed by atoms with Gasteiger partial charge >= 0.3 is 5.97 Å². The number of aliphatic hydroxyl groups excluding tert-OH is 5. The molecule has 6 N–H and O–H groups in total. The van der Waals surface area contributed by atoms with Crippen LogP contribution in [0, 0.1) is 0 Å². The van der Waals surface area contributed by atoms with E-state index in [2.05, 4.69) is 86.8 Å². The number of nitrogens with one attached hydrogen (secondary N) is 1. The lowest BCUT2D eigenvalue weighted by atomic mass is 9.99. The summed E-state index contributed by atoms with van der Waals surface area (Å²) in [6.45, 7) is 5.69. The molecule has 1 aliphatic rings. The van der Waals surface area contributed by atoms with Gasteiger partial charge in [0.25, 0.3) is 0 Å². The maximum atomic E-state index is 13.4. The number of amides is 1. The van der Waals surface area contributed by atoms with Crippen LogP contribution in [0.5, 0.6) is 0 Å². The first-order chi connectivity index (χ1) is 39.7. The number of aliphatic hydroxyl groups is 5. The summed E-state index contributed by atoms with van der Waals surface area (Å²) in [5.74, 6) is -1.19. The average Bonchev–Trinajstić information content (AvgIpc) is 3.51. The fraction of sp³-hybridized carbons (Fsp3) is 0.800. The first-order valence-electron chi connectivity index (χ1n) is 33.7. The second kappa shape index (κ2) is 57.5. The van der Waals surface area contributed by atoms with Crippen LogP contribution in [-0.4, -0.2) is 99.6 Å². The van der Waals surface area contributed by atoms with Gasteiger partial charge in [0.2, 0.25) is 5.91 Å². The highest BCUT2D eigenvalue weighted by Crippen LogP contribution is 2.26. The lowest BCUT2D eigenvalue weighted by Gasteiger charge is -2.41. The predicted molar refractivity (Wildman–Crippen MR) is 338 cm³/mol. The molecule has 0 aliphatic carbocycles. The number of hydrogen-bond donors (Lipinski definition) is 6. The normalized spacial score (nSPS) is 19.1. The molecule has 0 aromatic rings. The Morgan fingerprint density at radius 2 is 0.889 bits per heavy atom. The van der Waals surface area contributed by atoms with Gasteiger partial charge in [-0.15, -0.1) is 0 Å². The summed E-state index contributed by atoms with van der Waals surface area (Å²) in [6.07, 6.45) is 63.7. The molecular formula is C70H125NO10. The minimum atomic E-state index is -1.62. The van der Waals surface area contributed by atoms with E-state index in [4.69, 9.17) is 14.2 Å². The molecule has 470 valence electrons. The van der Waals surface area contributed by atoms with Gasteiger partial charge in [0.15, 0.2) is 12.4 Å². The maximum absolute atomic E-state index is 13.4. The summed E-state index contributed by atoms with van der Waals surface area (Å²) in [5, 5.41) is 57.1. The third-order valence-electron chi connectivity index (χ3n) is 15.6. The molecule has 0 bridgehead atoms. The molecule has 0 spiro atoms. The third kappa shape index (κ3) is 45.2. The number of carbonyl (C=O) groups excluding carboxylic acids is 2. The first-order valence-corrected chi connectivity index (χ1v) is 33.7. The van der Waals surface area contributed by atoms with Crippen LogP contribution in [0.4, 0.5) is 0 Å². The summed E-state index contributed by atoms with van der Waals surface area (Å²) in [5.41, 5.74) is 0. The van der Waals surface area contributed by atoms with Gasteiger partial charge in [-0.05, 0) is 70.6 Å². The van der Waals surface area contributed by atoms with Crippen molar-refractivity contribution >= 4 is 11.9 Å². The number of unbranched alkanes of at least 4 members (excludes halogenated alkanes) is 33. The summed E-state index contributed by atoms with van der Waals surface area (Å²) >= 11 is 0. The number of hydrogen-bond acceptors (Lipinski definition) is 10. The van der Waals surface area contributed by atoms with E-state index >= 15 is 0 Å². The Bertz CT molecular complexity index is 1590. The highest BCUT2D eigenvalue weighted by atomic mass is 16.7. The SMILES string of the molecule is CC/C=C\C/C=C\C/C=C\C/C=C\C/C=C\CCCCCCCCCCCCCC(=O)OC1C(OCC(NC(=O)C(O)CCCCCCCCCCCCCCC)C(O)/C=C/CCCCCCCCCCCC)OC(CO)C(O)C1O. The lowest BCUT2D eigenvalue weighted by molar-refractivity contribution is -0.305. The molecule has 0 radical (unpaired) electrons. The van der Waals surface area contributed by atoms with Gasteiger partial charge in [0.05, 0.1) is 25.4 Å². The van der Waals surface area contributed by atoms with Gasteiger partial charge < -0.3 is 45.1 Å². The van der Waals surface area contributed by atoms with Crippen molar-refractivity contribution in [2.45, 2.75) is 346 Å². The van der Waals surface area contributed by atoms with Crippen molar-refractivity contribution in [3.8, 4) is 0 Å². The van der Waals surface area contributed by atoms with Crippen LogP contribution in [0.3, 0.4) is 0 Å². The zero-order valence-corrected chi connectivity index (χ0v) is 52.1. The van der Waals surface area contributed by atoms with Crippen LogP contribution in [0.2, 0.25) is 0 Å². The van der Waals surface area contributed by atoms with Crippen molar-refractivity contribution in [1.82, 2.24) is 5.32 Å². The number of rotatable bonds is 57. The molecule has 1 rings (SSSR count). The maximum Gasteiger partial charge on any atom is 0.306 e. The van der Waals surface area contributed by atoms with Crippen LogP contribution in [-0.2, 0) is 23.8 Å². The summed E-state index contributed by atoms with van der Waals surface area (Å²) in [4.78, 5) is 26.6. The minimum Gasteiger partial charge on any atom is -0.454 e. The first kappa shape index (κ1) is 76.1. The Morgan fingerprint density at radius 3 is 1.33 bits per heavy atom. The van der Waals surface area contributed by atoms with Gasteiger partial charge in [-0.2, -0.15) is 0 Å². The second-order valence-corrected chi connectivity index (χ2v) is 23.2. The van der Waals surface area contributed by atoms with Crippen molar-refractivity contribution in [2.75, 3.05) is 13.2 Å². The zero-order valence-electron chi connectivity index (χ0n) is 52.1. The largest absolute Gasteiger partial charge is 0.454 e. The smallest absolute Gasteiger partial charge is 0.306 e. The second-order valence-electron chi connectivity index (χ2n) is 23.2. The molecule has 8 unspecified atom stereocenters. The van der Waals surface area contributed by atoms with Crippen molar-refractivity contribution in [1.29, 1.82) is 0 Å². The van der Waals surface area contributed by atoms with Crippen molar-refractivity contribution in [2.24, 2.45) is 0 Å². The molecule has 11 nitrogen and oxygen atoms in total. The van der Waals surface area contributed by atoms with E-state index in [0.717, 1.165) is 96.3 Å². The molecule has 0 saturated carbocycles. The number of carbonyl (C=O) groups is 2. The Balaban J connectivity index is 2.55. The molecule has 1 aliphatic heterocycles. The molecule has 1 saturated heterocycles. The van der Waals surface area contributed by atoms with Crippen molar-refractivity contribution in [3.05, 3.63) is 72.9 Å². The van der Waals surface area contributed by atoms with Crippen molar-refractivity contribution < 1.29 is 49.3 Å². The minimum absolute atomic E-state index is 0.119.